The van der Waals surface area contributed by atoms with Crippen molar-refractivity contribution in [2.45, 2.75) is 9.79 Å². The predicted octanol–water partition coefficient (Wildman–Crippen LogP) is -1.80. The van der Waals surface area contributed by atoms with Gasteiger partial charge < -0.3 is 28.0 Å². The van der Waals surface area contributed by atoms with Crippen molar-refractivity contribution in [3.8, 4) is 0 Å². The van der Waals surface area contributed by atoms with Crippen molar-refractivity contribution in [1.29, 1.82) is 0 Å². The van der Waals surface area contributed by atoms with Crippen molar-refractivity contribution in [2.24, 2.45) is 0 Å². The molecule has 1 rings (SSSR count). The van der Waals surface area contributed by atoms with E-state index in [0.717, 1.165) is 0 Å². The second kappa shape index (κ2) is 17.4. The van der Waals surface area contributed by atoms with Crippen molar-refractivity contribution >= 4 is 99.3 Å². The summed E-state index contributed by atoms with van der Waals surface area (Å²) in [5.74, 6) is 0. The van der Waals surface area contributed by atoms with Crippen LogP contribution in [0.4, 0.5) is 5.69 Å². The van der Waals surface area contributed by atoms with Gasteiger partial charge in [0.05, 0.1) is 0 Å². The van der Waals surface area contributed by atoms with Crippen LogP contribution < -0.4 is 56.6 Å². The smallest absolute Gasteiger partial charge is 0.780 e. The van der Waals surface area contributed by atoms with E-state index >= 15 is 0 Å². The molecule has 0 aliphatic rings. The van der Waals surface area contributed by atoms with Gasteiger partial charge in [0.25, 0.3) is 0 Å². The largest absolute Gasteiger partial charge is 1.00 e. The number of rotatable bonds is 2. The first-order valence-corrected chi connectivity index (χ1v) is 3.87. The zero-order valence-corrected chi connectivity index (χ0v) is 26.2. The van der Waals surface area contributed by atoms with Crippen LogP contribution in [-0.4, -0.2) is 68.9 Å². The van der Waals surface area contributed by atoms with Crippen LogP contribution in [0.25, 0.3) is 5.73 Å². The molecular formula is C6H4AcAuCsKNO2S2-. The van der Waals surface area contributed by atoms with Gasteiger partial charge in [0.1, 0.15) is 0 Å². The van der Waals surface area contributed by atoms with Crippen molar-refractivity contribution in [3.63, 3.8) is 0 Å². The molecule has 0 saturated carbocycles. The summed E-state index contributed by atoms with van der Waals surface area (Å²) >= 11 is 5.47. The maximum atomic E-state index is 9.69. The number of hydrogen-bond donors (Lipinski definition) is 0. The van der Waals surface area contributed by atoms with Crippen molar-refractivity contribution in [2.75, 3.05) is 0 Å². The van der Waals surface area contributed by atoms with Crippen LogP contribution in [-0.2, 0) is 39.3 Å². The van der Waals surface area contributed by atoms with Gasteiger partial charge in [-0.05, 0) is 0 Å². The average molecular weight is 782 g/mol. The molecule has 0 heterocycles. The van der Waals surface area contributed by atoms with E-state index in [9.17, 15) is 5.26 Å². The third-order valence-corrected chi connectivity index (χ3v) is 1.74. The van der Waals surface area contributed by atoms with Gasteiger partial charge in [-0.3, -0.25) is 0 Å². The summed E-state index contributed by atoms with van der Waals surface area (Å²) in [6, 6.07) is 4.65. The van der Waals surface area contributed by atoms with Crippen LogP contribution in [0.15, 0.2) is 28.0 Å². The molecule has 1 aromatic rings. The molecule has 0 aliphatic heterocycles. The van der Waals surface area contributed by atoms with Crippen molar-refractivity contribution in [3.05, 3.63) is 23.9 Å². The van der Waals surface area contributed by atoms with Gasteiger partial charge in [-0.15, -0.1) is 5.69 Å². The molecule has 0 unspecified atom stereocenters. The third kappa shape index (κ3) is 14.1. The second-order valence-corrected chi connectivity index (χ2v) is 3.09. The van der Waals surface area contributed by atoms with Gasteiger partial charge in [-0.1, -0.05) is 18.2 Å². The molecule has 9 heteroatoms. The first kappa shape index (κ1) is 28.5. The number of nitrogens with one attached hydrogen (secondary N) is 1. The van der Waals surface area contributed by atoms with Gasteiger partial charge in [0.15, 0.2) is 0 Å². The molecule has 0 atom stereocenters. The number of benzene rings is 1. The average Bonchev–Trinajstić information content (AvgIpc) is 1.85. The molecule has 0 aromatic heterocycles. The summed E-state index contributed by atoms with van der Waals surface area (Å²) in [6.07, 6.45) is 0. The molecule has 0 saturated heterocycles. The van der Waals surface area contributed by atoms with Gasteiger partial charge in [-0.25, -0.2) is 0 Å². The van der Waals surface area contributed by atoms with Crippen LogP contribution in [0, 0.1) is 44.1 Å². The summed E-state index contributed by atoms with van der Waals surface area (Å²) in [6.45, 7) is 0. The van der Waals surface area contributed by atoms with Crippen molar-refractivity contribution in [1.82, 2.24) is 0 Å². The van der Waals surface area contributed by atoms with Gasteiger partial charge >= 0.3 is 73.8 Å². The zero-order chi connectivity index (χ0) is 8.27. The normalized spacial score (nSPS) is 7.27. The Bertz CT molecular complexity index is 255. The minimum atomic E-state index is 0. The van der Waals surface area contributed by atoms with Gasteiger partial charge in [-0.2, -0.15) is 4.90 Å². The summed E-state index contributed by atoms with van der Waals surface area (Å²) in [5.41, 5.74) is 7.51. The Hall–Kier alpha value is 5.38. The van der Waals surface area contributed by atoms with E-state index in [2.05, 4.69) is 4.33 Å². The quantitative estimate of drug-likeness (QED) is 0.117. The topological polar surface area (TPSA) is 56.1 Å². The first-order chi connectivity index (χ1) is 5.22. The van der Waals surface area contributed by atoms with Crippen LogP contribution in [0.3, 0.4) is 0 Å². The predicted molar refractivity (Wildman–Crippen MR) is 48.8 cm³/mol. The summed E-state index contributed by atoms with van der Waals surface area (Å²) in [5, 5.41) is 9.69. The molecule has 0 amide bonds. The first-order valence-electron chi connectivity index (χ1n) is 2.72. The maximum Gasteiger partial charge on any atom is 1.00 e. The van der Waals surface area contributed by atoms with Gasteiger partial charge in [0, 0.05) is 130 Å². The van der Waals surface area contributed by atoms with Crippen LogP contribution in [0.1, 0.15) is 0 Å². The SMILES string of the molecule is [Ac].[Au+].[Cs].[K+].[NH-]c1cc([S-])cc(SO[O-])c1. The second-order valence-electron chi connectivity index (χ2n) is 1.84. The minimum Gasteiger partial charge on any atom is -0.780 e. The van der Waals surface area contributed by atoms with Crippen LogP contribution >= 0.6 is 12.0 Å². The molecule has 1 N–H and O–H groups in total. The Labute approximate surface area is 252 Å². The molecule has 2 radical (unpaired) electrons. The van der Waals surface area contributed by atoms with E-state index in [4.69, 9.17) is 18.4 Å². The molecular weight excluding hydrogens is 778 g/mol. The van der Waals surface area contributed by atoms with E-state index in [1.54, 1.807) is 6.07 Å². The van der Waals surface area contributed by atoms with E-state index in [-0.39, 0.29) is 192 Å². The fraction of sp³-hybridized carbons (Fsp3) is 0. The Morgan fingerprint density at radius 2 is 1.87 bits per heavy atom. The fourth-order valence-electron chi connectivity index (χ4n) is 0.659. The molecule has 74 valence electrons. The summed E-state index contributed by atoms with van der Waals surface area (Å²) in [4.78, 5) is 1.11. The monoisotopic (exact) mass is 782 g/mol. The Kier molecular flexibility index (Phi) is 33.2. The van der Waals surface area contributed by atoms with E-state index in [1.165, 1.54) is 12.1 Å². The molecule has 1 aromatic carbocycles. The van der Waals surface area contributed by atoms with Crippen molar-refractivity contribution < 1.29 is 127 Å². The fourth-order valence-corrected chi connectivity index (χ4v) is 1.42. The molecule has 0 fully saturated rings. The zero-order valence-electron chi connectivity index (χ0n) is 8.24. The van der Waals surface area contributed by atoms with E-state index in [0.29, 0.717) is 21.8 Å². The summed E-state index contributed by atoms with van der Waals surface area (Å²) < 4.78 is 3.57. The Morgan fingerprint density at radius 1 is 1.33 bits per heavy atom. The maximum absolute atomic E-state index is 9.69. The van der Waals surface area contributed by atoms with E-state index < -0.39 is 0 Å². The molecule has 15 heavy (non-hydrogen) atoms. The minimum absolute atomic E-state index is 0. The summed E-state index contributed by atoms with van der Waals surface area (Å²) in [7, 11) is 0. The van der Waals surface area contributed by atoms with Gasteiger partial charge in [0.2, 0.25) is 0 Å². The van der Waals surface area contributed by atoms with Crippen LogP contribution in [0.5, 0.6) is 0 Å². The molecule has 3 nitrogen and oxygen atoms in total. The third-order valence-electron chi connectivity index (χ3n) is 1.01. The molecule has 0 spiro atoms. The van der Waals surface area contributed by atoms with E-state index in [1.807, 2.05) is 0 Å². The standard InChI is InChI=1S/C6H6NO2S2.Ac.Au.Cs.K/c7-4-1-5(10)3-6(2-4)11-9-8;;;;/h1-3,7-8,10H;;;;/q-1;;+1;;+1/p-2. The number of hydrogen-bond acceptors (Lipinski definition) is 4. The van der Waals surface area contributed by atoms with Crippen LogP contribution in [0.2, 0.25) is 0 Å². The Morgan fingerprint density at radius 3 is 2.27 bits per heavy atom. The molecule has 0 aliphatic carbocycles. The molecule has 0 bridgehead atoms. The Balaban J connectivity index is -0.000000151.